The van der Waals surface area contributed by atoms with Crippen LogP contribution in [0.3, 0.4) is 0 Å². The van der Waals surface area contributed by atoms with Gasteiger partial charge in [-0.15, -0.1) is 0 Å². The van der Waals surface area contributed by atoms with Crippen molar-refractivity contribution < 1.29 is 14.3 Å². The first-order valence-electron chi connectivity index (χ1n) is 9.15. The van der Waals surface area contributed by atoms with Gasteiger partial charge in [0.25, 0.3) is 0 Å². The average molecular weight is 348 g/mol. The zero-order valence-electron chi connectivity index (χ0n) is 16.4. The van der Waals surface area contributed by atoms with Crippen LogP contribution in [0, 0.1) is 5.41 Å². The monoisotopic (exact) mass is 348 g/mol. The second-order valence-electron chi connectivity index (χ2n) is 8.86. The van der Waals surface area contributed by atoms with Crippen LogP contribution in [0.4, 0.5) is 4.79 Å². The van der Waals surface area contributed by atoms with E-state index >= 15 is 0 Å². The van der Waals surface area contributed by atoms with Crippen molar-refractivity contribution >= 4 is 12.0 Å². The molecule has 0 atom stereocenters. The maximum atomic E-state index is 12.2. The largest absolute Gasteiger partial charge is 0.444 e. The molecule has 1 N–H and O–H groups in total. The third-order valence-electron chi connectivity index (χ3n) is 4.82. The van der Waals surface area contributed by atoms with E-state index < -0.39 is 5.60 Å². The number of hydrogen-bond donors (Lipinski definition) is 1. The standard InChI is InChI=1S/C20H32N2O3/c1-14-8-7-11-20(5,6)16(14)9-10-17(23)21-15-12-22(13-15)18(24)25-19(2,3)4/h9-10,15H,7-8,11-13H2,1-6H3,(H,21,23)/b10-9+. The lowest BCUT2D eigenvalue weighted by atomic mass is 9.72. The van der Waals surface area contributed by atoms with Crippen LogP contribution in [0.5, 0.6) is 0 Å². The molecule has 25 heavy (non-hydrogen) atoms. The Balaban J connectivity index is 1.82. The predicted molar refractivity (Wildman–Crippen MR) is 99.2 cm³/mol. The highest BCUT2D eigenvalue weighted by Gasteiger charge is 2.34. The molecule has 140 valence electrons. The molecule has 0 aromatic rings. The Morgan fingerprint density at radius 2 is 1.92 bits per heavy atom. The van der Waals surface area contributed by atoms with Gasteiger partial charge in [0.05, 0.1) is 6.04 Å². The summed E-state index contributed by atoms with van der Waals surface area (Å²) in [6, 6.07) is -0.000823. The minimum Gasteiger partial charge on any atom is -0.444 e. The zero-order valence-corrected chi connectivity index (χ0v) is 16.4. The van der Waals surface area contributed by atoms with E-state index in [0.29, 0.717) is 13.1 Å². The number of hydrogen-bond acceptors (Lipinski definition) is 3. The summed E-state index contributed by atoms with van der Waals surface area (Å²) in [5.74, 6) is -0.101. The SMILES string of the molecule is CC1=C(/C=C/C(=O)NC2CN(C(=O)OC(C)(C)C)C2)C(C)(C)CCC1. The van der Waals surface area contributed by atoms with E-state index in [1.807, 2.05) is 26.8 Å². The Hall–Kier alpha value is -1.78. The lowest BCUT2D eigenvalue weighted by molar-refractivity contribution is -0.118. The number of nitrogens with zero attached hydrogens (tertiary/aromatic N) is 1. The maximum Gasteiger partial charge on any atom is 0.410 e. The van der Waals surface area contributed by atoms with Crippen molar-refractivity contribution in [3.8, 4) is 0 Å². The quantitative estimate of drug-likeness (QED) is 0.789. The van der Waals surface area contributed by atoms with Crippen LogP contribution in [0.2, 0.25) is 0 Å². The molecule has 0 radical (unpaired) electrons. The molecule has 0 unspecified atom stereocenters. The van der Waals surface area contributed by atoms with Gasteiger partial charge in [-0.2, -0.15) is 0 Å². The van der Waals surface area contributed by atoms with Gasteiger partial charge in [0.2, 0.25) is 5.91 Å². The van der Waals surface area contributed by atoms with E-state index in [1.165, 1.54) is 17.6 Å². The predicted octanol–water partition coefficient (Wildman–Crippen LogP) is 3.80. The van der Waals surface area contributed by atoms with E-state index in [9.17, 15) is 9.59 Å². The Bertz CT molecular complexity index is 591. The van der Waals surface area contributed by atoms with Crippen LogP contribution < -0.4 is 5.32 Å². The fraction of sp³-hybridized carbons (Fsp3) is 0.700. The minimum absolute atomic E-state index is 0.000823. The van der Waals surface area contributed by atoms with E-state index in [2.05, 4.69) is 26.1 Å². The summed E-state index contributed by atoms with van der Waals surface area (Å²) in [5, 5.41) is 2.95. The molecule has 0 aromatic carbocycles. The summed E-state index contributed by atoms with van der Waals surface area (Å²) in [7, 11) is 0. The minimum atomic E-state index is -0.494. The number of amides is 2. The molecule has 2 aliphatic rings. The smallest absolute Gasteiger partial charge is 0.410 e. The molecule has 0 aromatic heterocycles. The lowest BCUT2D eigenvalue weighted by Crippen LogP contribution is -2.61. The van der Waals surface area contributed by atoms with Gasteiger partial charge < -0.3 is 15.0 Å². The Kier molecular flexibility index (Phi) is 5.65. The van der Waals surface area contributed by atoms with Crippen molar-refractivity contribution in [3.63, 3.8) is 0 Å². The van der Waals surface area contributed by atoms with Gasteiger partial charge in [0.15, 0.2) is 0 Å². The normalized spacial score (nSPS) is 21.3. The van der Waals surface area contributed by atoms with Gasteiger partial charge in [-0.25, -0.2) is 4.79 Å². The van der Waals surface area contributed by atoms with Gasteiger partial charge in [-0.05, 0) is 57.9 Å². The van der Waals surface area contributed by atoms with Crippen molar-refractivity contribution in [2.75, 3.05) is 13.1 Å². The molecule has 0 saturated carbocycles. The molecule has 0 bridgehead atoms. The highest BCUT2D eigenvalue weighted by molar-refractivity contribution is 5.88. The van der Waals surface area contributed by atoms with Crippen LogP contribution in [-0.4, -0.2) is 41.6 Å². The number of rotatable bonds is 3. The van der Waals surface area contributed by atoms with Gasteiger partial charge >= 0.3 is 6.09 Å². The fourth-order valence-corrected chi connectivity index (χ4v) is 3.46. The van der Waals surface area contributed by atoms with Crippen molar-refractivity contribution in [2.45, 2.75) is 72.4 Å². The van der Waals surface area contributed by atoms with Gasteiger partial charge in [-0.3, -0.25) is 4.79 Å². The van der Waals surface area contributed by atoms with E-state index in [0.717, 1.165) is 12.8 Å². The topological polar surface area (TPSA) is 58.6 Å². The molecule has 1 aliphatic heterocycles. The molecule has 2 amide bonds. The average Bonchev–Trinajstić information content (AvgIpc) is 2.38. The van der Waals surface area contributed by atoms with Crippen molar-refractivity contribution in [1.29, 1.82) is 0 Å². The van der Waals surface area contributed by atoms with E-state index in [4.69, 9.17) is 4.74 Å². The number of ether oxygens (including phenoxy) is 1. The molecule has 1 fully saturated rings. The highest BCUT2D eigenvalue weighted by atomic mass is 16.6. The number of allylic oxidation sites excluding steroid dienone is 3. The molecule has 5 nitrogen and oxygen atoms in total. The number of nitrogens with one attached hydrogen (secondary N) is 1. The van der Waals surface area contributed by atoms with Crippen LogP contribution in [0.1, 0.15) is 60.8 Å². The summed E-state index contributed by atoms with van der Waals surface area (Å²) in [6.07, 6.45) is 6.75. The maximum absolute atomic E-state index is 12.2. The van der Waals surface area contributed by atoms with E-state index in [-0.39, 0.29) is 23.5 Å². The van der Waals surface area contributed by atoms with Gasteiger partial charge in [-0.1, -0.05) is 25.5 Å². The third kappa shape index (κ3) is 5.35. The van der Waals surface area contributed by atoms with Gasteiger partial charge in [0.1, 0.15) is 5.60 Å². The Morgan fingerprint density at radius 1 is 1.28 bits per heavy atom. The van der Waals surface area contributed by atoms with Crippen LogP contribution in [0.25, 0.3) is 0 Å². The van der Waals surface area contributed by atoms with Crippen LogP contribution >= 0.6 is 0 Å². The third-order valence-corrected chi connectivity index (χ3v) is 4.82. The van der Waals surface area contributed by atoms with Crippen molar-refractivity contribution in [2.24, 2.45) is 5.41 Å². The molecular weight excluding hydrogens is 316 g/mol. The van der Waals surface area contributed by atoms with Crippen molar-refractivity contribution in [3.05, 3.63) is 23.3 Å². The first kappa shape index (κ1) is 19.5. The van der Waals surface area contributed by atoms with Crippen molar-refractivity contribution in [1.82, 2.24) is 10.2 Å². The zero-order chi connectivity index (χ0) is 18.8. The molecular formula is C20H32N2O3. The number of carbonyl (C=O) groups excluding carboxylic acids is 2. The molecule has 1 saturated heterocycles. The highest BCUT2D eigenvalue weighted by Crippen LogP contribution is 2.40. The lowest BCUT2D eigenvalue weighted by Gasteiger charge is -2.39. The second kappa shape index (κ2) is 7.22. The van der Waals surface area contributed by atoms with Crippen LogP contribution in [-0.2, 0) is 9.53 Å². The molecule has 1 aliphatic carbocycles. The fourth-order valence-electron chi connectivity index (χ4n) is 3.46. The molecule has 0 spiro atoms. The number of likely N-dealkylation sites (tertiary alicyclic amines) is 1. The Morgan fingerprint density at radius 3 is 2.48 bits per heavy atom. The number of carbonyl (C=O) groups is 2. The summed E-state index contributed by atoms with van der Waals surface area (Å²) < 4.78 is 5.31. The molecule has 5 heteroatoms. The first-order chi connectivity index (χ1) is 11.5. The second-order valence-corrected chi connectivity index (χ2v) is 8.86. The summed E-state index contributed by atoms with van der Waals surface area (Å²) >= 11 is 0. The Labute approximate surface area is 151 Å². The summed E-state index contributed by atoms with van der Waals surface area (Å²) in [5.41, 5.74) is 2.29. The molecule has 2 rings (SSSR count). The van der Waals surface area contributed by atoms with E-state index in [1.54, 1.807) is 11.0 Å². The summed E-state index contributed by atoms with van der Waals surface area (Å²) in [6.45, 7) is 13.2. The molecule has 1 heterocycles. The summed E-state index contributed by atoms with van der Waals surface area (Å²) in [4.78, 5) is 25.6. The van der Waals surface area contributed by atoms with Gasteiger partial charge in [0, 0.05) is 19.2 Å². The van der Waals surface area contributed by atoms with Crippen LogP contribution in [0.15, 0.2) is 23.3 Å². The first-order valence-corrected chi connectivity index (χ1v) is 9.15.